The summed E-state index contributed by atoms with van der Waals surface area (Å²) < 4.78 is 13.5. The molecular formula is C17H17FN2OS. The molecule has 2 aromatic rings. The van der Waals surface area contributed by atoms with E-state index in [1.165, 1.54) is 12.1 Å². The fourth-order valence-electron chi connectivity index (χ4n) is 2.48. The van der Waals surface area contributed by atoms with Gasteiger partial charge in [0.1, 0.15) is 5.82 Å². The molecule has 0 saturated heterocycles. The summed E-state index contributed by atoms with van der Waals surface area (Å²) in [6, 6.07) is 11.9. The number of benzene rings is 2. The molecule has 1 heterocycles. The van der Waals surface area contributed by atoms with Crippen molar-refractivity contribution in [3.8, 4) is 0 Å². The minimum absolute atomic E-state index is 0.155. The van der Waals surface area contributed by atoms with Crippen LogP contribution in [0.25, 0.3) is 0 Å². The minimum Gasteiger partial charge on any atom is -0.331 e. The second-order valence-electron chi connectivity index (χ2n) is 5.34. The molecule has 2 N–H and O–H groups in total. The molecule has 0 fully saturated rings. The lowest BCUT2D eigenvalue weighted by Gasteiger charge is -2.26. The van der Waals surface area contributed by atoms with E-state index >= 15 is 0 Å². The van der Waals surface area contributed by atoms with Crippen molar-refractivity contribution >= 4 is 23.5 Å². The van der Waals surface area contributed by atoms with Crippen LogP contribution in [0, 0.1) is 12.7 Å². The van der Waals surface area contributed by atoms with Crippen LogP contribution >= 0.6 is 11.8 Å². The summed E-state index contributed by atoms with van der Waals surface area (Å²) in [7, 11) is 0. The van der Waals surface area contributed by atoms with Gasteiger partial charge in [-0.15, -0.1) is 11.8 Å². The predicted octanol–water partition coefficient (Wildman–Crippen LogP) is 4.49. The number of amides is 2. The Morgan fingerprint density at radius 2 is 2.00 bits per heavy atom. The van der Waals surface area contributed by atoms with E-state index in [9.17, 15) is 9.18 Å². The monoisotopic (exact) mass is 316 g/mol. The number of thioether (sulfide) groups is 1. The average Bonchev–Trinajstić information content (AvgIpc) is 2.50. The van der Waals surface area contributed by atoms with Crippen LogP contribution in [0.3, 0.4) is 0 Å². The van der Waals surface area contributed by atoms with Crippen molar-refractivity contribution in [1.82, 2.24) is 5.32 Å². The third kappa shape index (κ3) is 3.42. The molecule has 1 aliphatic heterocycles. The van der Waals surface area contributed by atoms with Gasteiger partial charge < -0.3 is 10.6 Å². The Morgan fingerprint density at radius 3 is 2.77 bits per heavy atom. The first-order valence-electron chi connectivity index (χ1n) is 7.18. The van der Waals surface area contributed by atoms with Crippen LogP contribution < -0.4 is 10.6 Å². The number of fused-ring (bicyclic) bond motifs is 1. The number of nitrogens with one attached hydrogen (secondary N) is 2. The van der Waals surface area contributed by atoms with Crippen molar-refractivity contribution in [1.29, 1.82) is 0 Å². The van der Waals surface area contributed by atoms with Gasteiger partial charge in [0, 0.05) is 16.3 Å². The Hall–Kier alpha value is -2.01. The van der Waals surface area contributed by atoms with Crippen LogP contribution in [0.4, 0.5) is 14.9 Å². The van der Waals surface area contributed by atoms with Gasteiger partial charge >= 0.3 is 6.03 Å². The zero-order valence-electron chi connectivity index (χ0n) is 12.2. The highest BCUT2D eigenvalue weighted by Crippen LogP contribution is 2.36. The average molecular weight is 316 g/mol. The molecule has 2 aromatic carbocycles. The Bertz CT molecular complexity index is 688. The van der Waals surface area contributed by atoms with Gasteiger partial charge in [0.05, 0.1) is 6.04 Å². The van der Waals surface area contributed by atoms with Crippen molar-refractivity contribution in [3.63, 3.8) is 0 Å². The van der Waals surface area contributed by atoms with Gasteiger partial charge in [-0.25, -0.2) is 9.18 Å². The SMILES string of the molecule is Cc1ccc(NC(=O)NC2CCSc3ccc(F)cc32)cc1. The van der Waals surface area contributed by atoms with Crippen LogP contribution in [0.15, 0.2) is 47.4 Å². The number of urea groups is 1. The van der Waals surface area contributed by atoms with E-state index in [1.54, 1.807) is 17.8 Å². The molecular weight excluding hydrogens is 299 g/mol. The largest absolute Gasteiger partial charge is 0.331 e. The smallest absolute Gasteiger partial charge is 0.319 e. The van der Waals surface area contributed by atoms with Crippen molar-refractivity contribution in [2.45, 2.75) is 24.3 Å². The van der Waals surface area contributed by atoms with Crippen molar-refractivity contribution in [2.24, 2.45) is 0 Å². The minimum atomic E-state index is -0.271. The fourth-order valence-corrected chi connectivity index (χ4v) is 3.58. The summed E-state index contributed by atoms with van der Waals surface area (Å²) in [4.78, 5) is 13.2. The number of carbonyl (C=O) groups is 1. The van der Waals surface area contributed by atoms with Crippen molar-refractivity contribution < 1.29 is 9.18 Å². The highest BCUT2D eigenvalue weighted by Gasteiger charge is 2.22. The first-order valence-corrected chi connectivity index (χ1v) is 8.17. The van der Waals surface area contributed by atoms with Crippen molar-refractivity contribution in [3.05, 3.63) is 59.4 Å². The molecule has 22 heavy (non-hydrogen) atoms. The first kappa shape index (κ1) is 14.9. The maximum absolute atomic E-state index is 13.5. The highest BCUT2D eigenvalue weighted by molar-refractivity contribution is 7.99. The van der Waals surface area contributed by atoms with Gasteiger partial charge in [0.2, 0.25) is 0 Å². The number of halogens is 1. The lowest BCUT2D eigenvalue weighted by molar-refractivity contribution is 0.248. The quantitative estimate of drug-likeness (QED) is 0.857. The molecule has 1 aliphatic rings. The number of carbonyl (C=O) groups excluding carboxylic acids is 1. The number of hydrogen-bond donors (Lipinski definition) is 2. The molecule has 0 bridgehead atoms. The van der Waals surface area contributed by atoms with Gasteiger partial charge in [-0.2, -0.15) is 0 Å². The number of hydrogen-bond acceptors (Lipinski definition) is 2. The molecule has 0 aromatic heterocycles. The molecule has 114 valence electrons. The predicted molar refractivity (Wildman–Crippen MR) is 87.8 cm³/mol. The van der Waals surface area contributed by atoms with E-state index in [0.29, 0.717) is 0 Å². The van der Waals surface area contributed by atoms with Crippen LogP contribution in [-0.4, -0.2) is 11.8 Å². The summed E-state index contributed by atoms with van der Waals surface area (Å²) in [5.41, 5.74) is 2.74. The topological polar surface area (TPSA) is 41.1 Å². The zero-order chi connectivity index (χ0) is 15.5. The summed E-state index contributed by atoms with van der Waals surface area (Å²) >= 11 is 1.70. The molecule has 0 saturated carbocycles. The molecule has 0 spiro atoms. The Balaban J connectivity index is 1.70. The van der Waals surface area contributed by atoms with Crippen LogP contribution in [-0.2, 0) is 0 Å². The van der Waals surface area contributed by atoms with E-state index in [2.05, 4.69) is 10.6 Å². The summed E-state index contributed by atoms with van der Waals surface area (Å²) in [5, 5.41) is 5.75. The second-order valence-corrected chi connectivity index (χ2v) is 6.47. The molecule has 1 atom stereocenters. The third-order valence-corrected chi connectivity index (χ3v) is 4.75. The van der Waals surface area contributed by atoms with E-state index in [-0.39, 0.29) is 17.9 Å². The molecule has 5 heteroatoms. The second kappa shape index (κ2) is 6.40. The van der Waals surface area contributed by atoms with Gasteiger partial charge in [-0.05, 0) is 49.2 Å². The summed E-state index contributed by atoms with van der Waals surface area (Å²) in [6.45, 7) is 2.00. The Kier molecular flexibility index (Phi) is 4.34. The van der Waals surface area contributed by atoms with Gasteiger partial charge in [-0.3, -0.25) is 0 Å². The molecule has 0 radical (unpaired) electrons. The van der Waals surface area contributed by atoms with Gasteiger partial charge in [-0.1, -0.05) is 17.7 Å². The standard InChI is InChI=1S/C17H17FN2OS/c1-11-2-5-13(6-3-11)19-17(21)20-15-8-9-22-16-7-4-12(18)10-14(15)16/h2-7,10,15H,8-9H2,1H3,(H2,19,20,21). The van der Waals surface area contributed by atoms with Crippen molar-refractivity contribution in [2.75, 3.05) is 11.1 Å². The van der Waals surface area contributed by atoms with Crippen LogP contribution in [0.2, 0.25) is 0 Å². The molecule has 3 rings (SSSR count). The summed E-state index contributed by atoms with van der Waals surface area (Å²) in [5.74, 6) is 0.640. The Morgan fingerprint density at radius 1 is 1.23 bits per heavy atom. The first-order chi connectivity index (χ1) is 10.6. The molecule has 2 amide bonds. The zero-order valence-corrected chi connectivity index (χ0v) is 13.0. The lowest BCUT2D eigenvalue weighted by Crippen LogP contribution is -2.34. The third-order valence-electron chi connectivity index (χ3n) is 3.63. The highest BCUT2D eigenvalue weighted by atomic mass is 32.2. The Labute approximate surface area is 133 Å². The van der Waals surface area contributed by atoms with E-state index in [0.717, 1.165) is 33.9 Å². The number of rotatable bonds is 2. The van der Waals surface area contributed by atoms with E-state index < -0.39 is 0 Å². The normalized spacial score (nSPS) is 16.7. The molecule has 3 nitrogen and oxygen atoms in total. The van der Waals surface area contributed by atoms with Gasteiger partial charge in [0.15, 0.2) is 0 Å². The lowest BCUT2D eigenvalue weighted by atomic mass is 10.0. The fraction of sp³-hybridized carbons (Fsp3) is 0.235. The van der Waals surface area contributed by atoms with E-state index in [1.807, 2.05) is 31.2 Å². The maximum Gasteiger partial charge on any atom is 0.319 e. The van der Waals surface area contributed by atoms with E-state index in [4.69, 9.17) is 0 Å². The summed E-state index contributed by atoms with van der Waals surface area (Å²) in [6.07, 6.45) is 0.794. The number of anilines is 1. The maximum atomic E-state index is 13.5. The number of aryl methyl sites for hydroxylation is 1. The molecule has 0 aliphatic carbocycles. The van der Waals surface area contributed by atoms with Gasteiger partial charge in [0.25, 0.3) is 0 Å². The van der Waals surface area contributed by atoms with Crippen LogP contribution in [0.1, 0.15) is 23.6 Å². The van der Waals surface area contributed by atoms with Crippen LogP contribution in [0.5, 0.6) is 0 Å². The molecule has 1 unspecified atom stereocenters.